The third-order valence-corrected chi connectivity index (χ3v) is 5.44. The van der Waals surface area contributed by atoms with E-state index in [9.17, 15) is 12.8 Å². The number of halogens is 2. The van der Waals surface area contributed by atoms with Gasteiger partial charge in [0.25, 0.3) is 10.0 Å². The van der Waals surface area contributed by atoms with Crippen molar-refractivity contribution in [2.24, 2.45) is 5.73 Å². The summed E-state index contributed by atoms with van der Waals surface area (Å²) >= 11 is 4.35. The Bertz CT molecular complexity index is 680. The molecule has 4 nitrogen and oxygen atoms in total. The largest absolute Gasteiger partial charge is 0.326 e. The molecule has 0 bridgehead atoms. The van der Waals surface area contributed by atoms with Gasteiger partial charge in [-0.2, -0.15) is 0 Å². The maximum atomic E-state index is 13.6. The van der Waals surface area contributed by atoms with Gasteiger partial charge in [-0.15, -0.1) is 11.3 Å². The minimum Gasteiger partial charge on any atom is -0.326 e. The van der Waals surface area contributed by atoms with Crippen LogP contribution in [0.1, 0.15) is 4.88 Å². The zero-order chi connectivity index (χ0) is 14.0. The predicted molar refractivity (Wildman–Crippen MR) is 77.1 cm³/mol. The van der Waals surface area contributed by atoms with E-state index in [0.717, 1.165) is 4.88 Å². The van der Waals surface area contributed by atoms with E-state index >= 15 is 0 Å². The number of hydrogen-bond acceptors (Lipinski definition) is 4. The van der Waals surface area contributed by atoms with Crippen molar-refractivity contribution in [3.8, 4) is 0 Å². The van der Waals surface area contributed by atoms with Gasteiger partial charge in [-0.3, -0.25) is 4.72 Å². The van der Waals surface area contributed by atoms with E-state index < -0.39 is 15.8 Å². The Balaban J connectivity index is 2.36. The number of hydrogen-bond donors (Lipinski definition) is 2. The topological polar surface area (TPSA) is 72.2 Å². The van der Waals surface area contributed by atoms with E-state index in [1.165, 1.54) is 34.9 Å². The number of para-hydroxylation sites is 1. The minimum atomic E-state index is -3.81. The number of sulfonamides is 1. The number of benzene rings is 1. The number of anilines is 1. The van der Waals surface area contributed by atoms with Crippen LogP contribution in [-0.2, 0) is 16.6 Å². The van der Waals surface area contributed by atoms with Gasteiger partial charge in [-0.05, 0) is 34.1 Å². The van der Waals surface area contributed by atoms with Crippen LogP contribution < -0.4 is 10.5 Å². The second-order valence-corrected chi connectivity index (χ2v) is 7.19. The van der Waals surface area contributed by atoms with Crippen LogP contribution in [0, 0.1) is 5.82 Å². The smallest absolute Gasteiger partial charge is 0.262 e. The summed E-state index contributed by atoms with van der Waals surface area (Å²) < 4.78 is 40.4. The van der Waals surface area contributed by atoms with Crippen LogP contribution in [0.4, 0.5) is 10.1 Å². The van der Waals surface area contributed by atoms with Crippen LogP contribution >= 0.6 is 27.3 Å². The van der Waals surface area contributed by atoms with Gasteiger partial charge in [0.15, 0.2) is 0 Å². The molecule has 3 N–H and O–H groups in total. The van der Waals surface area contributed by atoms with Gasteiger partial charge >= 0.3 is 0 Å². The predicted octanol–water partition coefficient (Wildman–Crippen LogP) is 2.91. The van der Waals surface area contributed by atoms with Crippen molar-refractivity contribution >= 4 is 43.0 Å². The van der Waals surface area contributed by atoms with Gasteiger partial charge in [-0.1, -0.05) is 6.07 Å². The lowest BCUT2D eigenvalue weighted by Gasteiger charge is -2.09. The molecule has 0 amide bonds. The third-order valence-electron chi connectivity index (χ3n) is 2.34. The summed E-state index contributed by atoms with van der Waals surface area (Å²) in [6.45, 7) is 0.267. The van der Waals surface area contributed by atoms with Gasteiger partial charge in [0, 0.05) is 21.3 Å². The van der Waals surface area contributed by atoms with Crippen LogP contribution in [0.25, 0.3) is 0 Å². The molecule has 19 heavy (non-hydrogen) atoms. The molecule has 0 spiro atoms. The molecule has 0 unspecified atom stereocenters. The third kappa shape index (κ3) is 3.14. The fourth-order valence-electron chi connectivity index (χ4n) is 1.40. The molecule has 0 aliphatic carbocycles. The van der Waals surface area contributed by atoms with Crippen LogP contribution in [0.2, 0.25) is 0 Å². The lowest BCUT2D eigenvalue weighted by atomic mass is 10.3. The number of nitrogens with two attached hydrogens (primary N) is 1. The number of thiophene rings is 1. The molecule has 0 saturated carbocycles. The Morgan fingerprint density at radius 3 is 2.74 bits per heavy atom. The monoisotopic (exact) mass is 364 g/mol. The van der Waals surface area contributed by atoms with E-state index in [4.69, 9.17) is 5.73 Å². The molecule has 0 radical (unpaired) electrons. The standard InChI is InChI=1S/C11H10BrFN2O2S2/c12-9-2-1-3-10(13)11(9)15-19(16,17)8-4-7(5-14)18-6-8/h1-4,6,15H,5,14H2. The SMILES string of the molecule is NCc1cc(S(=O)(=O)Nc2c(F)cccc2Br)cs1. The number of nitrogens with one attached hydrogen (secondary N) is 1. The normalized spacial score (nSPS) is 11.5. The van der Waals surface area contributed by atoms with Crippen LogP contribution in [0.5, 0.6) is 0 Å². The second-order valence-electron chi connectivity index (χ2n) is 3.66. The summed E-state index contributed by atoms with van der Waals surface area (Å²) in [5, 5.41) is 1.47. The first-order chi connectivity index (χ1) is 8.94. The molecule has 0 fully saturated rings. The molecule has 8 heteroatoms. The van der Waals surface area contributed by atoms with Crippen molar-refractivity contribution in [2.75, 3.05) is 4.72 Å². The summed E-state index contributed by atoms with van der Waals surface area (Å²) in [5.74, 6) is -0.646. The molecule has 0 aliphatic heterocycles. The molecule has 0 atom stereocenters. The van der Waals surface area contributed by atoms with E-state index in [2.05, 4.69) is 20.7 Å². The fourth-order valence-corrected chi connectivity index (χ4v) is 4.21. The van der Waals surface area contributed by atoms with Crippen LogP contribution in [-0.4, -0.2) is 8.42 Å². The maximum absolute atomic E-state index is 13.6. The fraction of sp³-hybridized carbons (Fsp3) is 0.0909. The quantitative estimate of drug-likeness (QED) is 0.875. The molecule has 2 aromatic rings. The van der Waals surface area contributed by atoms with Gasteiger partial charge in [0.05, 0.1) is 10.6 Å². The highest BCUT2D eigenvalue weighted by Gasteiger charge is 2.19. The van der Waals surface area contributed by atoms with E-state index in [1.807, 2.05) is 0 Å². The molecule has 1 aromatic heterocycles. The van der Waals surface area contributed by atoms with Crippen molar-refractivity contribution in [3.05, 3.63) is 44.8 Å². The first kappa shape index (κ1) is 14.4. The van der Waals surface area contributed by atoms with Crippen LogP contribution in [0.15, 0.2) is 39.0 Å². The van der Waals surface area contributed by atoms with E-state index in [-0.39, 0.29) is 17.1 Å². The Morgan fingerprint density at radius 2 is 2.16 bits per heavy atom. The molecule has 0 saturated heterocycles. The summed E-state index contributed by atoms with van der Waals surface area (Å²) in [4.78, 5) is 0.820. The number of rotatable bonds is 4. The highest BCUT2D eigenvalue weighted by atomic mass is 79.9. The molecule has 2 rings (SSSR count). The Kier molecular flexibility index (Phi) is 4.24. The maximum Gasteiger partial charge on any atom is 0.262 e. The molecular weight excluding hydrogens is 355 g/mol. The Hall–Kier alpha value is -0.960. The van der Waals surface area contributed by atoms with E-state index in [0.29, 0.717) is 4.47 Å². The van der Waals surface area contributed by atoms with Crippen LogP contribution in [0.3, 0.4) is 0 Å². The van der Waals surface area contributed by atoms with Gasteiger partial charge < -0.3 is 5.73 Å². The van der Waals surface area contributed by atoms with E-state index in [1.54, 1.807) is 6.07 Å². The molecule has 102 valence electrons. The highest BCUT2D eigenvalue weighted by Crippen LogP contribution is 2.28. The summed E-state index contributed by atoms with van der Waals surface area (Å²) in [6, 6.07) is 5.69. The zero-order valence-electron chi connectivity index (χ0n) is 9.56. The van der Waals surface area contributed by atoms with Crippen molar-refractivity contribution < 1.29 is 12.8 Å². The van der Waals surface area contributed by atoms with Gasteiger partial charge in [-0.25, -0.2) is 12.8 Å². The van der Waals surface area contributed by atoms with Gasteiger partial charge in [0.2, 0.25) is 0 Å². The molecule has 1 aromatic carbocycles. The first-order valence-corrected chi connectivity index (χ1v) is 8.34. The van der Waals surface area contributed by atoms with Crippen molar-refractivity contribution in [2.45, 2.75) is 11.4 Å². The second kappa shape index (κ2) is 5.58. The molecule has 0 aliphatic rings. The molecular formula is C11H10BrFN2O2S2. The Morgan fingerprint density at radius 1 is 1.42 bits per heavy atom. The van der Waals surface area contributed by atoms with Gasteiger partial charge in [0.1, 0.15) is 5.82 Å². The summed E-state index contributed by atoms with van der Waals surface area (Å²) in [5.41, 5.74) is 5.33. The minimum absolute atomic E-state index is 0.0769. The zero-order valence-corrected chi connectivity index (χ0v) is 12.8. The first-order valence-electron chi connectivity index (χ1n) is 5.18. The van der Waals surface area contributed by atoms with Crippen molar-refractivity contribution in [1.29, 1.82) is 0 Å². The average molecular weight is 365 g/mol. The lowest BCUT2D eigenvalue weighted by molar-refractivity contribution is 0.598. The summed E-state index contributed by atoms with van der Waals surface area (Å²) in [6.07, 6.45) is 0. The average Bonchev–Trinajstić information content (AvgIpc) is 2.83. The lowest BCUT2D eigenvalue weighted by Crippen LogP contribution is -2.13. The molecule has 1 heterocycles. The Labute approximate surface area is 122 Å². The highest BCUT2D eigenvalue weighted by molar-refractivity contribution is 9.10. The summed E-state index contributed by atoms with van der Waals surface area (Å²) in [7, 11) is -3.81. The van der Waals surface area contributed by atoms with Crippen molar-refractivity contribution in [1.82, 2.24) is 0 Å². The van der Waals surface area contributed by atoms with Crippen molar-refractivity contribution in [3.63, 3.8) is 0 Å².